The molecule has 112 valence electrons. The summed E-state index contributed by atoms with van der Waals surface area (Å²) in [4.78, 5) is 16.9. The molecule has 5 heteroatoms. The molecule has 0 radical (unpaired) electrons. The van der Waals surface area contributed by atoms with E-state index in [0.29, 0.717) is 4.32 Å². The van der Waals surface area contributed by atoms with Gasteiger partial charge in [0.2, 0.25) is 5.91 Å². The van der Waals surface area contributed by atoms with Crippen molar-refractivity contribution in [3.63, 3.8) is 0 Å². The Kier molecular flexibility index (Phi) is 4.62. The van der Waals surface area contributed by atoms with E-state index in [4.69, 9.17) is 12.2 Å². The van der Waals surface area contributed by atoms with Crippen LogP contribution in [-0.4, -0.2) is 40.0 Å². The second-order valence-corrected chi connectivity index (χ2v) is 7.53. The largest absolute Gasteiger partial charge is 0.302 e. The Bertz CT molecular complexity index is 555. The first kappa shape index (κ1) is 15.0. The van der Waals surface area contributed by atoms with Crippen molar-refractivity contribution < 1.29 is 4.79 Å². The number of aryl methyl sites for hydroxylation is 1. The number of thiocarbonyl (C=S) groups is 1. The second kappa shape index (κ2) is 6.46. The fourth-order valence-electron chi connectivity index (χ4n) is 2.98. The third-order valence-electron chi connectivity index (χ3n) is 4.15. The van der Waals surface area contributed by atoms with Gasteiger partial charge in [0, 0.05) is 6.54 Å². The number of anilines is 1. The fourth-order valence-corrected chi connectivity index (χ4v) is 4.55. The topological polar surface area (TPSA) is 23.6 Å². The molecule has 0 aliphatic carbocycles. The maximum atomic E-state index is 12.7. The Labute approximate surface area is 135 Å². The molecule has 0 spiro atoms. The van der Waals surface area contributed by atoms with Gasteiger partial charge in [-0.1, -0.05) is 48.6 Å². The summed E-state index contributed by atoms with van der Waals surface area (Å²) < 4.78 is 0.691. The Morgan fingerprint density at radius 1 is 1.24 bits per heavy atom. The van der Waals surface area contributed by atoms with E-state index in [2.05, 4.69) is 4.90 Å². The average molecular weight is 320 g/mol. The van der Waals surface area contributed by atoms with Crippen molar-refractivity contribution in [2.75, 3.05) is 24.5 Å². The molecule has 2 saturated heterocycles. The third-order valence-corrected chi connectivity index (χ3v) is 5.64. The summed E-state index contributed by atoms with van der Waals surface area (Å²) in [5, 5.41) is -0.0461. The van der Waals surface area contributed by atoms with Crippen LogP contribution in [0, 0.1) is 6.92 Å². The van der Waals surface area contributed by atoms with Crippen LogP contribution < -0.4 is 4.90 Å². The number of amides is 1. The maximum absolute atomic E-state index is 12.7. The standard InChI is InChI=1S/C16H20N2OS2/c1-12-7-3-4-8-13(12)18-15(19)14(21-16(18)20)11-17-9-5-2-6-10-17/h3-4,7-8,14H,2,5-6,9-11H2,1H3/t14-/m0/s1. The molecule has 2 heterocycles. The molecule has 0 bridgehead atoms. The van der Waals surface area contributed by atoms with E-state index in [1.165, 1.54) is 19.3 Å². The number of para-hydroxylation sites is 1. The van der Waals surface area contributed by atoms with Crippen LogP contribution in [0.2, 0.25) is 0 Å². The van der Waals surface area contributed by atoms with Gasteiger partial charge in [-0.2, -0.15) is 0 Å². The van der Waals surface area contributed by atoms with E-state index in [1.807, 2.05) is 31.2 Å². The smallest absolute Gasteiger partial charge is 0.247 e. The molecule has 1 amide bonds. The molecule has 3 rings (SSSR count). The Balaban J connectivity index is 1.74. The van der Waals surface area contributed by atoms with E-state index in [9.17, 15) is 4.79 Å². The Hall–Kier alpha value is -0.910. The molecule has 1 atom stereocenters. The van der Waals surface area contributed by atoms with Gasteiger partial charge in [-0.3, -0.25) is 9.69 Å². The monoisotopic (exact) mass is 320 g/mol. The van der Waals surface area contributed by atoms with Gasteiger partial charge in [0.25, 0.3) is 0 Å². The molecule has 1 aromatic rings. The lowest BCUT2D eigenvalue weighted by molar-refractivity contribution is -0.117. The van der Waals surface area contributed by atoms with Crippen molar-refractivity contribution in [1.82, 2.24) is 4.90 Å². The van der Waals surface area contributed by atoms with Gasteiger partial charge in [-0.15, -0.1) is 0 Å². The molecule has 0 N–H and O–H groups in total. The zero-order chi connectivity index (χ0) is 14.8. The molecule has 1 aromatic carbocycles. The third kappa shape index (κ3) is 3.15. The molecule has 0 unspecified atom stereocenters. The van der Waals surface area contributed by atoms with E-state index in [-0.39, 0.29) is 11.2 Å². The first-order chi connectivity index (χ1) is 10.2. The number of piperidine rings is 1. The van der Waals surface area contributed by atoms with Crippen LogP contribution in [0.5, 0.6) is 0 Å². The van der Waals surface area contributed by atoms with E-state index in [1.54, 1.807) is 16.7 Å². The number of likely N-dealkylation sites (tertiary alicyclic amines) is 1. The summed E-state index contributed by atoms with van der Waals surface area (Å²) >= 11 is 7.00. The first-order valence-corrected chi connectivity index (χ1v) is 8.78. The Morgan fingerprint density at radius 3 is 2.67 bits per heavy atom. The van der Waals surface area contributed by atoms with Gasteiger partial charge in [-0.25, -0.2) is 0 Å². The number of hydrogen-bond donors (Lipinski definition) is 0. The normalized spacial score (nSPS) is 23.9. The number of rotatable bonds is 3. The van der Waals surface area contributed by atoms with Crippen molar-refractivity contribution in [3.05, 3.63) is 29.8 Å². The van der Waals surface area contributed by atoms with Crippen molar-refractivity contribution in [2.24, 2.45) is 0 Å². The summed E-state index contributed by atoms with van der Waals surface area (Å²) in [6, 6.07) is 7.94. The van der Waals surface area contributed by atoms with Crippen LogP contribution in [0.15, 0.2) is 24.3 Å². The number of thioether (sulfide) groups is 1. The molecule has 0 aromatic heterocycles. The van der Waals surface area contributed by atoms with Gasteiger partial charge in [0.1, 0.15) is 9.57 Å². The molecule has 3 nitrogen and oxygen atoms in total. The van der Waals surface area contributed by atoms with Crippen LogP contribution in [0.25, 0.3) is 0 Å². The number of carbonyl (C=O) groups is 1. The summed E-state index contributed by atoms with van der Waals surface area (Å²) in [7, 11) is 0. The van der Waals surface area contributed by atoms with Gasteiger partial charge >= 0.3 is 0 Å². The minimum absolute atomic E-state index is 0.0461. The zero-order valence-corrected chi connectivity index (χ0v) is 13.9. The quantitative estimate of drug-likeness (QED) is 0.798. The van der Waals surface area contributed by atoms with Crippen LogP contribution >= 0.6 is 24.0 Å². The molecule has 0 saturated carbocycles. The summed E-state index contributed by atoms with van der Waals surface area (Å²) in [6.45, 7) is 5.07. The molecular formula is C16H20N2OS2. The van der Waals surface area contributed by atoms with Crippen LogP contribution in [0.1, 0.15) is 24.8 Å². The van der Waals surface area contributed by atoms with Crippen LogP contribution in [0.3, 0.4) is 0 Å². The van der Waals surface area contributed by atoms with Crippen LogP contribution in [0.4, 0.5) is 5.69 Å². The van der Waals surface area contributed by atoms with Crippen molar-refractivity contribution in [3.8, 4) is 0 Å². The van der Waals surface area contributed by atoms with E-state index < -0.39 is 0 Å². The van der Waals surface area contributed by atoms with Gasteiger partial charge < -0.3 is 4.90 Å². The highest BCUT2D eigenvalue weighted by atomic mass is 32.2. The average Bonchev–Trinajstić information content (AvgIpc) is 2.76. The number of nitrogens with zero attached hydrogens (tertiary/aromatic N) is 2. The second-order valence-electron chi connectivity index (χ2n) is 5.69. The Morgan fingerprint density at radius 2 is 1.95 bits per heavy atom. The number of hydrogen-bond acceptors (Lipinski definition) is 4. The lowest BCUT2D eigenvalue weighted by Gasteiger charge is -2.27. The first-order valence-electron chi connectivity index (χ1n) is 7.49. The van der Waals surface area contributed by atoms with E-state index >= 15 is 0 Å². The lowest BCUT2D eigenvalue weighted by Crippen LogP contribution is -2.40. The maximum Gasteiger partial charge on any atom is 0.247 e. The molecule has 2 fully saturated rings. The molecule has 2 aliphatic rings. The molecule has 21 heavy (non-hydrogen) atoms. The SMILES string of the molecule is Cc1ccccc1N1C(=O)[C@H](CN2CCCCC2)SC1=S. The van der Waals surface area contributed by atoms with Crippen molar-refractivity contribution in [2.45, 2.75) is 31.4 Å². The summed E-state index contributed by atoms with van der Waals surface area (Å²) in [5.41, 5.74) is 2.02. The minimum Gasteiger partial charge on any atom is -0.302 e. The van der Waals surface area contributed by atoms with Gasteiger partial charge in [-0.05, 0) is 44.5 Å². The van der Waals surface area contributed by atoms with E-state index in [0.717, 1.165) is 30.9 Å². The molecular weight excluding hydrogens is 300 g/mol. The fraction of sp³-hybridized carbons (Fsp3) is 0.500. The lowest BCUT2D eigenvalue weighted by atomic mass is 10.1. The van der Waals surface area contributed by atoms with Crippen molar-refractivity contribution >= 4 is 39.9 Å². The van der Waals surface area contributed by atoms with Gasteiger partial charge in [0.05, 0.1) is 5.69 Å². The van der Waals surface area contributed by atoms with Gasteiger partial charge in [0.15, 0.2) is 0 Å². The predicted octanol–water partition coefficient (Wildman–Crippen LogP) is 3.21. The number of carbonyl (C=O) groups excluding carboxylic acids is 1. The number of benzene rings is 1. The zero-order valence-electron chi connectivity index (χ0n) is 12.2. The highest BCUT2D eigenvalue weighted by Crippen LogP contribution is 2.34. The summed E-state index contributed by atoms with van der Waals surface area (Å²) in [5.74, 6) is 0.143. The van der Waals surface area contributed by atoms with Crippen molar-refractivity contribution in [1.29, 1.82) is 0 Å². The minimum atomic E-state index is -0.0461. The molecule has 2 aliphatic heterocycles. The highest BCUT2D eigenvalue weighted by molar-refractivity contribution is 8.25. The van der Waals surface area contributed by atoms with Crippen LogP contribution in [-0.2, 0) is 4.79 Å². The highest BCUT2D eigenvalue weighted by Gasteiger charge is 2.39. The summed E-state index contributed by atoms with van der Waals surface area (Å²) in [6.07, 6.45) is 3.81. The predicted molar refractivity (Wildman–Crippen MR) is 92.9 cm³/mol.